The molecule has 2 aliphatic rings. The molecule has 1 saturated carbocycles. The number of thioether (sulfide) groups is 1. The molecule has 17 heavy (non-hydrogen) atoms. The van der Waals surface area contributed by atoms with Gasteiger partial charge in [-0.15, -0.1) is 0 Å². The average molecular weight is 278 g/mol. The molecule has 0 amide bonds. The third-order valence-electron chi connectivity index (χ3n) is 3.80. The van der Waals surface area contributed by atoms with Gasteiger partial charge < -0.3 is 5.32 Å². The van der Waals surface area contributed by atoms with Crippen LogP contribution in [-0.2, 0) is 10.0 Å². The van der Waals surface area contributed by atoms with Crippen LogP contribution in [0.4, 0.5) is 0 Å². The average Bonchev–Trinajstić information content (AvgIpc) is 2.77. The van der Waals surface area contributed by atoms with Crippen molar-refractivity contribution in [3.05, 3.63) is 0 Å². The third-order valence-corrected chi connectivity index (χ3v) is 6.95. The predicted octanol–water partition coefficient (Wildman–Crippen LogP) is 0.942. The summed E-state index contributed by atoms with van der Waals surface area (Å²) in [5, 5.41) is 3.48. The number of hydrogen-bond donors (Lipinski definition) is 2. The highest BCUT2D eigenvalue weighted by Crippen LogP contribution is 2.29. The van der Waals surface area contributed by atoms with Crippen molar-refractivity contribution in [1.82, 2.24) is 10.0 Å². The Morgan fingerprint density at radius 3 is 2.53 bits per heavy atom. The van der Waals surface area contributed by atoms with Crippen LogP contribution in [0.5, 0.6) is 0 Å². The van der Waals surface area contributed by atoms with E-state index in [1.165, 1.54) is 0 Å². The van der Waals surface area contributed by atoms with Gasteiger partial charge in [-0.25, -0.2) is 13.1 Å². The molecule has 100 valence electrons. The van der Waals surface area contributed by atoms with Crippen LogP contribution in [0.1, 0.15) is 32.1 Å². The minimum absolute atomic E-state index is 0.157. The van der Waals surface area contributed by atoms with E-state index in [4.69, 9.17) is 0 Å². The largest absolute Gasteiger partial charge is 0.317 e. The van der Waals surface area contributed by atoms with Crippen LogP contribution in [-0.4, -0.2) is 44.3 Å². The second-order valence-electron chi connectivity index (χ2n) is 4.92. The second-order valence-corrected chi connectivity index (χ2v) is 7.99. The van der Waals surface area contributed by atoms with Gasteiger partial charge in [0.05, 0.1) is 5.25 Å². The summed E-state index contributed by atoms with van der Waals surface area (Å²) in [6, 6.07) is 0.157. The Morgan fingerprint density at radius 1 is 1.18 bits per heavy atom. The first-order valence-corrected chi connectivity index (χ1v) is 9.21. The molecule has 1 heterocycles. The van der Waals surface area contributed by atoms with Crippen LogP contribution in [0, 0.1) is 0 Å². The molecule has 2 fully saturated rings. The summed E-state index contributed by atoms with van der Waals surface area (Å²) in [6.45, 7) is 1.64. The molecule has 0 spiro atoms. The van der Waals surface area contributed by atoms with E-state index in [9.17, 15) is 8.42 Å². The maximum Gasteiger partial charge on any atom is 0.214 e. The van der Waals surface area contributed by atoms with E-state index in [-0.39, 0.29) is 11.3 Å². The van der Waals surface area contributed by atoms with Gasteiger partial charge >= 0.3 is 0 Å². The van der Waals surface area contributed by atoms with Crippen molar-refractivity contribution in [1.29, 1.82) is 0 Å². The van der Waals surface area contributed by atoms with E-state index in [0.29, 0.717) is 5.25 Å². The Hall–Kier alpha value is 0.220. The van der Waals surface area contributed by atoms with Crippen LogP contribution in [0.25, 0.3) is 0 Å². The second kappa shape index (κ2) is 5.91. The fourth-order valence-corrected chi connectivity index (χ4v) is 5.53. The molecule has 0 aromatic heterocycles. The molecular weight excluding hydrogens is 256 g/mol. The molecule has 1 saturated heterocycles. The van der Waals surface area contributed by atoms with Crippen molar-refractivity contribution in [2.45, 2.75) is 48.6 Å². The van der Waals surface area contributed by atoms with Gasteiger partial charge in [0.2, 0.25) is 10.0 Å². The Morgan fingerprint density at radius 2 is 1.88 bits per heavy atom. The topological polar surface area (TPSA) is 58.2 Å². The normalized spacial score (nSPS) is 31.8. The fourth-order valence-electron chi connectivity index (χ4n) is 2.76. The zero-order valence-electron chi connectivity index (χ0n) is 10.3. The minimum atomic E-state index is -3.11. The van der Waals surface area contributed by atoms with Crippen molar-refractivity contribution >= 4 is 21.8 Å². The van der Waals surface area contributed by atoms with Crippen LogP contribution >= 0.6 is 11.8 Å². The Kier molecular flexibility index (Phi) is 4.74. The van der Waals surface area contributed by atoms with Crippen LogP contribution in [0.2, 0.25) is 0 Å². The minimum Gasteiger partial charge on any atom is -0.317 e. The van der Waals surface area contributed by atoms with Crippen molar-refractivity contribution in [2.75, 3.05) is 19.3 Å². The van der Waals surface area contributed by atoms with Gasteiger partial charge in [0.1, 0.15) is 0 Å². The molecule has 2 unspecified atom stereocenters. The Bertz CT molecular complexity index is 339. The quantitative estimate of drug-likeness (QED) is 0.803. The Balaban J connectivity index is 1.96. The standard InChI is InChI=1S/C11H22N2O2S2/c1-16-11-4-2-3-10(11)13-17(14,15)9-5-7-12-8-6-9/h9-13H,2-8H2,1H3. The lowest BCUT2D eigenvalue weighted by molar-refractivity contribution is 0.481. The monoisotopic (exact) mass is 278 g/mol. The first-order valence-electron chi connectivity index (χ1n) is 6.38. The van der Waals surface area contributed by atoms with Crippen molar-refractivity contribution in [3.8, 4) is 0 Å². The lowest BCUT2D eigenvalue weighted by Gasteiger charge is -2.26. The SMILES string of the molecule is CSC1CCCC1NS(=O)(=O)C1CCNCC1. The predicted molar refractivity (Wildman–Crippen MR) is 72.9 cm³/mol. The lowest BCUT2D eigenvalue weighted by Crippen LogP contribution is -2.46. The first kappa shape index (κ1) is 13.6. The summed E-state index contributed by atoms with van der Waals surface area (Å²) in [6.07, 6.45) is 6.83. The maximum atomic E-state index is 12.3. The van der Waals surface area contributed by atoms with E-state index in [2.05, 4.69) is 16.3 Å². The van der Waals surface area contributed by atoms with Crippen LogP contribution in [0.15, 0.2) is 0 Å². The summed E-state index contributed by atoms with van der Waals surface area (Å²) >= 11 is 1.79. The van der Waals surface area contributed by atoms with E-state index in [1.807, 2.05) is 0 Å². The van der Waals surface area contributed by atoms with E-state index >= 15 is 0 Å². The number of sulfonamides is 1. The molecule has 0 bridgehead atoms. The summed E-state index contributed by atoms with van der Waals surface area (Å²) < 4.78 is 27.5. The fraction of sp³-hybridized carbons (Fsp3) is 1.00. The smallest absolute Gasteiger partial charge is 0.214 e. The third kappa shape index (κ3) is 3.36. The zero-order chi connectivity index (χ0) is 12.3. The summed E-state index contributed by atoms with van der Waals surface area (Å²) in [7, 11) is -3.11. The van der Waals surface area contributed by atoms with E-state index < -0.39 is 10.0 Å². The van der Waals surface area contributed by atoms with Gasteiger partial charge in [-0.3, -0.25) is 0 Å². The summed E-state index contributed by atoms with van der Waals surface area (Å²) in [5.41, 5.74) is 0. The number of hydrogen-bond acceptors (Lipinski definition) is 4. The van der Waals surface area contributed by atoms with Crippen molar-refractivity contribution in [2.24, 2.45) is 0 Å². The molecule has 2 N–H and O–H groups in total. The summed E-state index contributed by atoms with van der Waals surface area (Å²) in [4.78, 5) is 0. The zero-order valence-corrected chi connectivity index (χ0v) is 11.9. The van der Waals surface area contributed by atoms with Crippen molar-refractivity contribution < 1.29 is 8.42 Å². The molecule has 2 rings (SSSR count). The highest BCUT2D eigenvalue weighted by atomic mass is 32.2. The molecule has 1 aliphatic carbocycles. The molecule has 4 nitrogen and oxygen atoms in total. The van der Waals surface area contributed by atoms with Gasteiger partial charge in [0.15, 0.2) is 0 Å². The highest BCUT2D eigenvalue weighted by Gasteiger charge is 2.34. The highest BCUT2D eigenvalue weighted by molar-refractivity contribution is 7.99. The molecule has 6 heteroatoms. The van der Waals surface area contributed by atoms with Gasteiger partial charge in [-0.1, -0.05) is 6.42 Å². The van der Waals surface area contributed by atoms with E-state index in [0.717, 1.165) is 45.2 Å². The summed E-state index contributed by atoms with van der Waals surface area (Å²) in [5.74, 6) is 0. The van der Waals surface area contributed by atoms with Gasteiger partial charge in [0, 0.05) is 11.3 Å². The Labute approximate surface area is 108 Å². The molecule has 0 radical (unpaired) electrons. The lowest BCUT2D eigenvalue weighted by atomic mass is 10.2. The van der Waals surface area contributed by atoms with Gasteiger partial charge in [-0.2, -0.15) is 11.8 Å². The molecule has 0 aromatic carbocycles. The van der Waals surface area contributed by atoms with Crippen LogP contribution < -0.4 is 10.0 Å². The molecule has 0 aromatic rings. The number of piperidine rings is 1. The van der Waals surface area contributed by atoms with E-state index in [1.54, 1.807) is 11.8 Å². The first-order chi connectivity index (χ1) is 8.13. The molecular formula is C11H22N2O2S2. The van der Waals surface area contributed by atoms with Crippen LogP contribution in [0.3, 0.4) is 0 Å². The maximum absolute atomic E-state index is 12.3. The molecule has 1 aliphatic heterocycles. The molecule has 2 atom stereocenters. The number of nitrogens with one attached hydrogen (secondary N) is 2. The number of rotatable bonds is 4. The van der Waals surface area contributed by atoms with Gasteiger partial charge in [0.25, 0.3) is 0 Å². The van der Waals surface area contributed by atoms with Gasteiger partial charge in [-0.05, 0) is 45.0 Å². The van der Waals surface area contributed by atoms with Crippen molar-refractivity contribution in [3.63, 3.8) is 0 Å².